The Morgan fingerprint density at radius 2 is 1.68 bits per heavy atom. The monoisotopic (exact) mass is 618 g/mol. The molecule has 2 aromatic rings. The summed E-state index contributed by atoms with van der Waals surface area (Å²) < 4.78 is 103. The van der Waals surface area contributed by atoms with Crippen LogP contribution in [0.5, 0.6) is 5.75 Å². The van der Waals surface area contributed by atoms with Gasteiger partial charge in [0, 0.05) is 0 Å². The Kier molecular flexibility index (Phi) is 8.04. The van der Waals surface area contributed by atoms with E-state index >= 15 is 0 Å². The van der Waals surface area contributed by atoms with Gasteiger partial charge in [-0.05, 0) is 23.3 Å². The van der Waals surface area contributed by atoms with Crippen LogP contribution >= 0.6 is 0 Å². The van der Waals surface area contributed by atoms with E-state index in [4.69, 9.17) is 9.47 Å². The van der Waals surface area contributed by atoms with Crippen LogP contribution in [0.25, 0.3) is 0 Å². The maximum atomic E-state index is 13.0. The van der Waals surface area contributed by atoms with Gasteiger partial charge in [-0.3, -0.25) is 14.5 Å². The molecule has 0 saturated carbocycles. The number of hydrogen-bond acceptors (Lipinski definition) is 10. The second kappa shape index (κ2) is 11.0. The molecule has 2 atom stereocenters. The number of methoxy groups -OCH3 is 1. The molecular formula is C24H21F3N2O10S2. The summed E-state index contributed by atoms with van der Waals surface area (Å²) in [4.78, 5) is 38.8. The number of rotatable bonds is 9. The van der Waals surface area contributed by atoms with Gasteiger partial charge < -0.3 is 19.0 Å². The van der Waals surface area contributed by atoms with Crippen LogP contribution in [0.2, 0.25) is 0 Å². The summed E-state index contributed by atoms with van der Waals surface area (Å²) in [5.74, 6) is -6.01. The number of nitrogens with one attached hydrogen (secondary N) is 1. The van der Waals surface area contributed by atoms with Crippen molar-refractivity contribution in [2.24, 2.45) is 0 Å². The first-order valence-electron chi connectivity index (χ1n) is 11.6. The number of nitrogens with zero attached hydrogens (tertiary/aromatic N) is 1. The average molecular weight is 619 g/mol. The predicted octanol–water partition coefficient (Wildman–Crippen LogP) is 1.14. The highest BCUT2D eigenvalue weighted by atomic mass is 32.2. The zero-order chi connectivity index (χ0) is 30.2. The summed E-state index contributed by atoms with van der Waals surface area (Å²) in [6.07, 6.45) is -0.234. The number of carbonyl (C=O) groups is 3. The fourth-order valence-electron chi connectivity index (χ4n) is 4.07. The number of fused-ring (bicyclic) bond motifs is 1. The van der Waals surface area contributed by atoms with Gasteiger partial charge in [0.2, 0.25) is 5.91 Å². The summed E-state index contributed by atoms with van der Waals surface area (Å²) in [5, 5.41) is 0.319. The molecule has 0 radical (unpaired) electrons. The Balaban J connectivity index is 1.64. The second-order valence-electron chi connectivity index (χ2n) is 8.79. The Bertz CT molecular complexity index is 1610. The van der Waals surface area contributed by atoms with E-state index in [1.165, 1.54) is 31.4 Å². The molecule has 0 aliphatic carbocycles. The van der Waals surface area contributed by atoms with E-state index in [2.05, 4.69) is 9.50 Å². The average Bonchev–Trinajstić information content (AvgIpc) is 2.89. The first-order valence-corrected chi connectivity index (χ1v) is 14.7. The number of esters is 1. The third-order valence-corrected chi connectivity index (χ3v) is 8.86. The minimum atomic E-state index is -6.44. The molecule has 2 amide bonds. The van der Waals surface area contributed by atoms with Gasteiger partial charge in [0.25, 0.3) is 5.91 Å². The maximum absolute atomic E-state index is 13.0. The van der Waals surface area contributed by atoms with Crippen molar-refractivity contribution in [2.75, 3.05) is 12.9 Å². The molecule has 0 unspecified atom stereocenters. The second-order valence-corrected chi connectivity index (χ2v) is 12.4. The Morgan fingerprint density at radius 1 is 1.05 bits per heavy atom. The van der Waals surface area contributed by atoms with Gasteiger partial charge in [0.05, 0.1) is 13.5 Å². The number of ether oxygens (including phenoxy) is 2. The molecular weight excluding hydrogens is 597 g/mol. The zero-order valence-corrected chi connectivity index (χ0v) is 22.6. The molecule has 2 aliphatic heterocycles. The van der Waals surface area contributed by atoms with E-state index in [1.807, 2.05) is 0 Å². The van der Waals surface area contributed by atoms with Gasteiger partial charge in [-0.15, -0.1) is 0 Å². The summed E-state index contributed by atoms with van der Waals surface area (Å²) in [6, 6.07) is 12.5. The van der Waals surface area contributed by atoms with Crippen LogP contribution in [0.15, 0.2) is 66.1 Å². The third kappa shape index (κ3) is 6.14. The normalized spacial score (nSPS) is 20.0. The molecule has 17 heteroatoms. The minimum absolute atomic E-state index is 0.234. The van der Waals surface area contributed by atoms with E-state index in [1.54, 1.807) is 30.3 Å². The van der Waals surface area contributed by atoms with Crippen molar-refractivity contribution in [2.45, 2.75) is 30.0 Å². The molecule has 0 spiro atoms. The predicted molar refractivity (Wildman–Crippen MR) is 132 cm³/mol. The molecule has 41 heavy (non-hydrogen) atoms. The lowest BCUT2D eigenvalue weighted by atomic mass is 10.0. The van der Waals surface area contributed by atoms with Gasteiger partial charge in [0.1, 0.15) is 24.2 Å². The highest BCUT2D eigenvalue weighted by Gasteiger charge is 2.62. The standard InChI is InChI=1S/C24H21F3N2O10S2/c1-37-16-9-7-15(8-10-16)12-38-23(32)20-17(39-41(35,36)24(25,26)27)13-40(33,34)22-19(21(31)29(20)22)28-18(30)11-14-5-3-2-4-6-14/h2-10,19,22H,11-13H2,1H3,(H,28,30)/t19-,22-/m1/s1. The Labute approximate surface area is 231 Å². The molecule has 2 aliphatic rings. The van der Waals surface area contributed by atoms with Crippen molar-refractivity contribution in [3.8, 4) is 5.75 Å². The van der Waals surface area contributed by atoms with Crippen molar-refractivity contribution in [1.82, 2.24) is 10.2 Å². The SMILES string of the molecule is COc1ccc(COC(=O)C2=C(OS(=O)(=O)C(F)(F)F)CS(=O)(=O)[C@@H]3[C@H](NC(=O)Cc4ccccc4)C(=O)N23)cc1. The topological polar surface area (TPSA) is 162 Å². The first kappa shape index (κ1) is 29.9. The van der Waals surface area contributed by atoms with Crippen LogP contribution in [0.1, 0.15) is 11.1 Å². The number of alkyl halides is 3. The van der Waals surface area contributed by atoms with Gasteiger partial charge in [-0.2, -0.15) is 21.6 Å². The Hall–Kier alpha value is -4.12. The highest BCUT2D eigenvalue weighted by molar-refractivity contribution is 7.92. The summed E-state index contributed by atoms with van der Waals surface area (Å²) in [5.41, 5.74) is -6.22. The number of sulfone groups is 1. The molecule has 0 aromatic heterocycles. The molecule has 1 N–H and O–H groups in total. The van der Waals surface area contributed by atoms with E-state index in [0.717, 1.165) is 0 Å². The number of β-lactam (4-membered cyclic amide) rings is 1. The summed E-state index contributed by atoms with van der Waals surface area (Å²) in [7, 11) is -9.71. The number of carbonyl (C=O) groups excluding carboxylic acids is 3. The molecule has 0 bridgehead atoms. The maximum Gasteiger partial charge on any atom is 0.534 e. The van der Waals surface area contributed by atoms with Crippen molar-refractivity contribution in [3.63, 3.8) is 0 Å². The zero-order valence-electron chi connectivity index (χ0n) is 21.0. The lowest BCUT2D eigenvalue weighted by molar-refractivity contribution is -0.154. The van der Waals surface area contributed by atoms with Crippen LogP contribution in [0.4, 0.5) is 13.2 Å². The van der Waals surface area contributed by atoms with Crippen molar-refractivity contribution in [3.05, 3.63) is 77.2 Å². The van der Waals surface area contributed by atoms with Crippen molar-refractivity contribution < 1.29 is 58.0 Å². The Morgan fingerprint density at radius 3 is 2.27 bits per heavy atom. The van der Waals surface area contributed by atoms with E-state index < -0.39 is 78.5 Å². The smallest absolute Gasteiger partial charge is 0.497 e. The summed E-state index contributed by atoms with van der Waals surface area (Å²) in [6.45, 7) is -0.498. The molecule has 220 valence electrons. The number of amides is 2. The minimum Gasteiger partial charge on any atom is -0.497 e. The lowest BCUT2D eigenvalue weighted by Gasteiger charge is -2.48. The molecule has 2 aromatic carbocycles. The van der Waals surface area contributed by atoms with Gasteiger partial charge in [-0.25, -0.2) is 13.2 Å². The van der Waals surface area contributed by atoms with Crippen LogP contribution in [0.3, 0.4) is 0 Å². The fourth-order valence-corrected chi connectivity index (χ4v) is 6.51. The number of benzene rings is 2. The van der Waals surface area contributed by atoms with E-state index in [-0.39, 0.29) is 11.3 Å². The van der Waals surface area contributed by atoms with Crippen LogP contribution in [0, 0.1) is 0 Å². The largest absolute Gasteiger partial charge is 0.534 e. The van der Waals surface area contributed by atoms with Crippen molar-refractivity contribution in [1.29, 1.82) is 0 Å². The molecule has 1 fully saturated rings. The summed E-state index contributed by atoms with van der Waals surface area (Å²) >= 11 is 0. The quantitative estimate of drug-likeness (QED) is 0.187. The molecule has 2 heterocycles. The van der Waals surface area contributed by atoms with Crippen LogP contribution < -0.4 is 10.1 Å². The number of halogens is 3. The molecule has 1 saturated heterocycles. The van der Waals surface area contributed by atoms with Crippen molar-refractivity contribution >= 4 is 37.7 Å². The number of hydrogen-bond donors (Lipinski definition) is 1. The van der Waals surface area contributed by atoms with Gasteiger partial charge in [-0.1, -0.05) is 42.5 Å². The molecule has 12 nitrogen and oxygen atoms in total. The molecule has 4 rings (SSSR count). The van der Waals surface area contributed by atoms with E-state index in [0.29, 0.717) is 16.9 Å². The highest BCUT2D eigenvalue weighted by Crippen LogP contribution is 2.39. The van der Waals surface area contributed by atoms with Gasteiger partial charge >= 0.3 is 21.6 Å². The van der Waals surface area contributed by atoms with Gasteiger partial charge in [0.15, 0.2) is 26.7 Å². The fraction of sp³-hybridized carbons (Fsp3) is 0.292. The van der Waals surface area contributed by atoms with E-state index in [9.17, 15) is 44.4 Å². The lowest BCUT2D eigenvalue weighted by Crippen LogP contribution is -2.75. The first-order chi connectivity index (χ1) is 19.1. The third-order valence-electron chi connectivity index (χ3n) is 5.99. The van der Waals surface area contributed by atoms with Crippen LogP contribution in [-0.4, -0.2) is 69.3 Å². The van der Waals surface area contributed by atoms with Crippen LogP contribution in [-0.2, 0) is 56.3 Å².